The lowest BCUT2D eigenvalue weighted by Gasteiger charge is -2.17. The van der Waals surface area contributed by atoms with Gasteiger partial charge in [0.25, 0.3) is 0 Å². The number of rotatable bonds is 4. The fourth-order valence-electron chi connectivity index (χ4n) is 2.39. The summed E-state index contributed by atoms with van der Waals surface area (Å²) in [6.45, 7) is 3.87. The summed E-state index contributed by atoms with van der Waals surface area (Å²) >= 11 is 0. The second-order valence-electron chi connectivity index (χ2n) is 4.58. The van der Waals surface area contributed by atoms with Crippen LogP contribution in [0.2, 0.25) is 0 Å². The molecule has 4 heteroatoms. The molecule has 0 amide bonds. The van der Waals surface area contributed by atoms with Crippen LogP contribution in [-0.4, -0.2) is 30.0 Å². The second kappa shape index (κ2) is 4.97. The zero-order valence-electron chi connectivity index (χ0n) is 10.2. The molecule has 1 atom stereocenters. The van der Waals surface area contributed by atoms with Crippen molar-refractivity contribution in [2.75, 3.05) is 20.1 Å². The summed E-state index contributed by atoms with van der Waals surface area (Å²) in [6.07, 6.45) is 4.25. The second-order valence-corrected chi connectivity index (χ2v) is 4.58. The van der Waals surface area contributed by atoms with Crippen LogP contribution < -0.4 is 5.73 Å². The van der Waals surface area contributed by atoms with Crippen LogP contribution in [0.3, 0.4) is 0 Å². The first-order valence-corrected chi connectivity index (χ1v) is 6.09. The van der Waals surface area contributed by atoms with Gasteiger partial charge in [-0.05, 0) is 46.3 Å². The highest BCUT2D eigenvalue weighted by Crippen LogP contribution is 2.31. The van der Waals surface area contributed by atoms with E-state index in [1.165, 1.54) is 12.8 Å². The van der Waals surface area contributed by atoms with Crippen LogP contribution >= 0.6 is 0 Å². The van der Waals surface area contributed by atoms with Gasteiger partial charge in [0.2, 0.25) is 0 Å². The van der Waals surface area contributed by atoms with Gasteiger partial charge in [-0.15, -0.1) is 0 Å². The SMILES string of the molecule is Cc1oc(CCCN)nc1C1CCCN1C. The highest BCUT2D eigenvalue weighted by Gasteiger charge is 2.27. The van der Waals surface area contributed by atoms with E-state index in [0.717, 1.165) is 36.7 Å². The minimum absolute atomic E-state index is 0.454. The van der Waals surface area contributed by atoms with Crippen LogP contribution in [0.1, 0.15) is 42.6 Å². The number of likely N-dealkylation sites (tertiary alicyclic amines) is 1. The molecule has 0 aliphatic carbocycles. The van der Waals surface area contributed by atoms with E-state index < -0.39 is 0 Å². The highest BCUT2D eigenvalue weighted by molar-refractivity contribution is 5.14. The van der Waals surface area contributed by atoms with Crippen molar-refractivity contribution < 1.29 is 4.42 Å². The van der Waals surface area contributed by atoms with Gasteiger partial charge in [-0.3, -0.25) is 4.90 Å². The maximum absolute atomic E-state index is 5.68. The van der Waals surface area contributed by atoms with Crippen LogP contribution in [0.4, 0.5) is 0 Å². The summed E-state index contributed by atoms with van der Waals surface area (Å²) < 4.78 is 5.68. The Morgan fingerprint density at radius 1 is 1.56 bits per heavy atom. The molecule has 16 heavy (non-hydrogen) atoms. The van der Waals surface area contributed by atoms with E-state index in [1.807, 2.05) is 6.92 Å². The fraction of sp³-hybridized carbons (Fsp3) is 0.750. The van der Waals surface area contributed by atoms with Crippen LogP contribution in [0.5, 0.6) is 0 Å². The summed E-state index contributed by atoms with van der Waals surface area (Å²) in [5.74, 6) is 1.82. The average molecular weight is 223 g/mol. The molecular weight excluding hydrogens is 202 g/mol. The van der Waals surface area contributed by atoms with E-state index in [4.69, 9.17) is 10.2 Å². The summed E-state index contributed by atoms with van der Waals surface area (Å²) in [4.78, 5) is 6.97. The lowest BCUT2D eigenvalue weighted by molar-refractivity contribution is 0.309. The minimum atomic E-state index is 0.454. The van der Waals surface area contributed by atoms with Crippen molar-refractivity contribution in [3.63, 3.8) is 0 Å². The Kier molecular flexibility index (Phi) is 3.61. The molecule has 0 saturated carbocycles. The Balaban J connectivity index is 2.11. The van der Waals surface area contributed by atoms with E-state index in [1.54, 1.807) is 0 Å². The molecule has 1 aliphatic heterocycles. The molecule has 0 radical (unpaired) electrons. The summed E-state index contributed by atoms with van der Waals surface area (Å²) in [6, 6.07) is 0.454. The molecule has 1 aliphatic rings. The molecule has 1 fully saturated rings. The van der Waals surface area contributed by atoms with Gasteiger partial charge >= 0.3 is 0 Å². The van der Waals surface area contributed by atoms with Gasteiger partial charge in [0.15, 0.2) is 5.89 Å². The van der Waals surface area contributed by atoms with Gasteiger partial charge in [0.05, 0.1) is 11.7 Å². The first-order valence-electron chi connectivity index (χ1n) is 6.09. The van der Waals surface area contributed by atoms with Crippen molar-refractivity contribution in [3.8, 4) is 0 Å². The number of nitrogens with two attached hydrogens (primary N) is 1. The van der Waals surface area contributed by atoms with E-state index in [9.17, 15) is 0 Å². The molecule has 0 bridgehead atoms. The molecular formula is C12H21N3O. The quantitative estimate of drug-likeness (QED) is 0.843. The van der Waals surface area contributed by atoms with E-state index in [0.29, 0.717) is 12.6 Å². The lowest BCUT2D eigenvalue weighted by atomic mass is 10.1. The predicted molar refractivity (Wildman–Crippen MR) is 63.2 cm³/mol. The normalized spacial score (nSPS) is 21.8. The van der Waals surface area contributed by atoms with Crippen molar-refractivity contribution in [3.05, 3.63) is 17.3 Å². The van der Waals surface area contributed by atoms with Crippen molar-refractivity contribution in [1.29, 1.82) is 0 Å². The molecule has 1 aromatic rings. The van der Waals surface area contributed by atoms with Crippen molar-refractivity contribution in [1.82, 2.24) is 9.88 Å². The summed E-state index contributed by atoms with van der Waals surface area (Å²) in [5, 5.41) is 0. The zero-order chi connectivity index (χ0) is 11.5. The van der Waals surface area contributed by atoms with Crippen LogP contribution in [0.15, 0.2) is 4.42 Å². The Hall–Kier alpha value is -0.870. The monoisotopic (exact) mass is 223 g/mol. The van der Waals surface area contributed by atoms with E-state index >= 15 is 0 Å². The molecule has 90 valence electrons. The van der Waals surface area contributed by atoms with Gasteiger partial charge < -0.3 is 10.2 Å². The largest absolute Gasteiger partial charge is 0.446 e. The summed E-state index contributed by atoms with van der Waals surface area (Å²) in [5.41, 5.74) is 6.62. The van der Waals surface area contributed by atoms with Gasteiger partial charge in [0.1, 0.15) is 5.76 Å². The Morgan fingerprint density at radius 2 is 2.38 bits per heavy atom. The number of hydrogen-bond acceptors (Lipinski definition) is 4. The molecule has 0 aromatic carbocycles. The third kappa shape index (κ3) is 2.28. The van der Waals surface area contributed by atoms with Crippen LogP contribution in [-0.2, 0) is 6.42 Å². The third-order valence-corrected chi connectivity index (χ3v) is 3.31. The highest BCUT2D eigenvalue weighted by atomic mass is 16.4. The average Bonchev–Trinajstić information content (AvgIpc) is 2.82. The Morgan fingerprint density at radius 3 is 3.00 bits per heavy atom. The maximum Gasteiger partial charge on any atom is 0.194 e. The molecule has 2 heterocycles. The summed E-state index contributed by atoms with van der Waals surface area (Å²) in [7, 11) is 2.16. The topological polar surface area (TPSA) is 55.3 Å². The number of hydrogen-bond donors (Lipinski definition) is 1. The molecule has 1 unspecified atom stereocenters. The lowest BCUT2D eigenvalue weighted by Crippen LogP contribution is -2.18. The molecule has 4 nitrogen and oxygen atoms in total. The zero-order valence-corrected chi connectivity index (χ0v) is 10.2. The Bertz CT molecular complexity index is 348. The minimum Gasteiger partial charge on any atom is -0.446 e. The predicted octanol–water partition coefficient (Wildman–Crippen LogP) is 1.64. The van der Waals surface area contributed by atoms with Gasteiger partial charge in [-0.25, -0.2) is 4.98 Å². The number of nitrogens with zero attached hydrogens (tertiary/aromatic N) is 2. The molecule has 2 N–H and O–H groups in total. The first-order chi connectivity index (χ1) is 7.72. The number of aryl methyl sites for hydroxylation is 2. The third-order valence-electron chi connectivity index (χ3n) is 3.31. The van der Waals surface area contributed by atoms with E-state index in [-0.39, 0.29) is 0 Å². The van der Waals surface area contributed by atoms with Crippen LogP contribution in [0, 0.1) is 6.92 Å². The molecule has 1 aromatic heterocycles. The van der Waals surface area contributed by atoms with Gasteiger partial charge in [-0.2, -0.15) is 0 Å². The number of oxazole rings is 1. The standard InChI is InChI=1S/C12H21N3O/c1-9-12(10-5-4-8-15(10)2)14-11(16-9)6-3-7-13/h10H,3-8,13H2,1-2H3. The van der Waals surface area contributed by atoms with E-state index in [2.05, 4.69) is 16.9 Å². The van der Waals surface area contributed by atoms with Gasteiger partial charge in [0, 0.05) is 6.42 Å². The molecule has 1 saturated heterocycles. The van der Waals surface area contributed by atoms with Gasteiger partial charge in [-0.1, -0.05) is 0 Å². The fourth-order valence-corrected chi connectivity index (χ4v) is 2.39. The smallest absolute Gasteiger partial charge is 0.194 e. The first kappa shape index (κ1) is 11.6. The van der Waals surface area contributed by atoms with Crippen LogP contribution in [0.25, 0.3) is 0 Å². The Labute approximate surface area is 96.8 Å². The number of aromatic nitrogens is 1. The maximum atomic E-state index is 5.68. The van der Waals surface area contributed by atoms with Crippen molar-refractivity contribution in [2.24, 2.45) is 5.73 Å². The molecule has 2 rings (SSSR count). The van der Waals surface area contributed by atoms with Crippen molar-refractivity contribution >= 4 is 0 Å². The van der Waals surface area contributed by atoms with Crippen molar-refractivity contribution in [2.45, 2.75) is 38.6 Å². The molecule has 0 spiro atoms.